The molecule has 248 valence electrons. The van der Waals surface area contributed by atoms with Crippen LogP contribution in [0.5, 0.6) is 0 Å². The minimum atomic E-state index is 1.10. The fourth-order valence-corrected chi connectivity index (χ4v) is 8.28. The molecule has 10 aromatic carbocycles. The third kappa shape index (κ3) is 5.25. The van der Waals surface area contributed by atoms with Gasteiger partial charge in [0.2, 0.25) is 0 Å². The Hall–Kier alpha value is -6.96. The second-order valence-corrected chi connectivity index (χ2v) is 13.6. The summed E-state index contributed by atoms with van der Waals surface area (Å²) in [7, 11) is 0. The van der Waals surface area contributed by atoms with Gasteiger partial charge in [0, 0.05) is 16.6 Å². The van der Waals surface area contributed by atoms with E-state index in [4.69, 9.17) is 0 Å². The van der Waals surface area contributed by atoms with Gasteiger partial charge in [-0.25, -0.2) is 0 Å². The van der Waals surface area contributed by atoms with Crippen molar-refractivity contribution in [2.24, 2.45) is 0 Å². The van der Waals surface area contributed by atoms with Gasteiger partial charge in [0.25, 0.3) is 0 Å². The Balaban J connectivity index is 1.24. The van der Waals surface area contributed by atoms with Crippen LogP contribution < -0.4 is 4.90 Å². The van der Waals surface area contributed by atoms with E-state index in [1.165, 1.54) is 76.5 Å². The van der Waals surface area contributed by atoms with Gasteiger partial charge in [0.1, 0.15) is 0 Å². The van der Waals surface area contributed by atoms with E-state index in [0.29, 0.717) is 0 Å². The highest BCUT2D eigenvalue weighted by molar-refractivity contribution is 6.22. The van der Waals surface area contributed by atoms with Crippen LogP contribution in [0, 0.1) is 0 Å². The molecular formula is C52H35N. The second-order valence-electron chi connectivity index (χ2n) is 13.6. The zero-order valence-corrected chi connectivity index (χ0v) is 29.2. The molecule has 0 bridgehead atoms. The first-order valence-corrected chi connectivity index (χ1v) is 18.3. The van der Waals surface area contributed by atoms with Crippen molar-refractivity contribution < 1.29 is 0 Å². The maximum Gasteiger partial charge on any atom is 0.0546 e. The largest absolute Gasteiger partial charge is 0.309 e. The highest BCUT2D eigenvalue weighted by Crippen LogP contribution is 2.48. The number of hydrogen-bond donors (Lipinski definition) is 0. The number of hydrogen-bond acceptors (Lipinski definition) is 1. The number of anilines is 3. The normalized spacial score (nSPS) is 11.4. The predicted molar refractivity (Wildman–Crippen MR) is 227 cm³/mol. The van der Waals surface area contributed by atoms with E-state index in [2.05, 4.69) is 217 Å². The fraction of sp³-hybridized carbons (Fsp3) is 0. The average Bonchev–Trinajstić information content (AvgIpc) is 3.24. The van der Waals surface area contributed by atoms with Crippen LogP contribution in [-0.2, 0) is 0 Å². The zero-order valence-electron chi connectivity index (χ0n) is 29.2. The number of benzene rings is 10. The molecule has 0 fully saturated rings. The van der Waals surface area contributed by atoms with E-state index in [-0.39, 0.29) is 0 Å². The second kappa shape index (κ2) is 13.0. The first-order valence-electron chi connectivity index (χ1n) is 18.3. The summed E-state index contributed by atoms with van der Waals surface area (Å²) in [6, 6.07) is 77.2. The van der Waals surface area contributed by atoms with Crippen LogP contribution >= 0.6 is 0 Å². The summed E-state index contributed by atoms with van der Waals surface area (Å²) in [4.78, 5) is 2.46. The van der Waals surface area contributed by atoms with Crippen LogP contribution in [0.4, 0.5) is 17.1 Å². The summed E-state index contributed by atoms with van der Waals surface area (Å²) in [6.45, 7) is 0. The van der Waals surface area contributed by atoms with E-state index >= 15 is 0 Å². The van der Waals surface area contributed by atoms with Gasteiger partial charge in [-0.05, 0) is 89.8 Å². The standard InChI is InChI=1S/C52H35N/c1-3-17-36(18-4-1)42-23-15-16-30-49(42)53(50-35-39-21-7-8-22-41(39)43-24-9-12-27-46(43)50)40-33-31-38(32-34-40)52-48-29-14-11-26-45(48)44-25-10-13-28-47(44)51(52)37-19-5-2-6-20-37/h1-35H. The lowest BCUT2D eigenvalue weighted by molar-refractivity contribution is 1.30. The Bertz CT molecular complexity index is 2930. The van der Waals surface area contributed by atoms with Crippen molar-refractivity contribution in [3.8, 4) is 33.4 Å². The number of rotatable bonds is 6. The molecule has 0 unspecified atom stereocenters. The van der Waals surface area contributed by atoms with Gasteiger partial charge in [0.15, 0.2) is 0 Å². The van der Waals surface area contributed by atoms with Crippen LogP contribution in [0.25, 0.3) is 76.5 Å². The van der Waals surface area contributed by atoms with Crippen molar-refractivity contribution >= 4 is 60.2 Å². The number of para-hydroxylation sites is 1. The molecule has 53 heavy (non-hydrogen) atoms. The molecular weight excluding hydrogens is 639 g/mol. The lowest BCUT2D eigenvalue weighted by Gasteiger charge is -2.30. The molecule has 0 aliphatic heterocycles. The summed E-state index contributed by atoms with van der Waals surface area (Å²) in [5, 5.41) is 9.99. The smallest absolute Gasteiger partial charge is 0.0546 e. The molecule has 0 aliphatic rings. The van der Waals surface area contributed by atoms with Gasteiger partial charge in [0.05, 0.1) is 11.4 Å². The molecule has 0 aromatic heterocycles. The predicted octanol–water partition coefficient (Wildman–Crippen LogP) is 14.8. The van der Waals surface area contributed by atoms with Crippen molar-refractivity contribution in [3.63, 3.8) is 0 Å². The Morgan fingerprint density at radius 1 is 0.264 bits per heavy atom. The van der Waals surface area contributed by atoms with Crippen LogP contribution in [-0.4, -0.2) is 0 Å². The molecule has 0 saturated carbocycles. The van der Waals surface area contributed by atoms with Crippen LogP contribution in [0.1, 0.15) is 0 Å². The Morgan fingerprint density at radius 3 is 1.32 bits per heavy atom. The maximum absolute atomic E-state index is 2.46. The highest BCUT2D eigenvalue weighted by Gasteiger charge is 2.22. The summed E-state index contributed by atoms with van der Waals surface area (Å²) in [5.41, 5.74) is 10.7. The first-order chi connectivity index (χ1) is 26.3. The molecule has 0 aliphatic carbocycles. The topological polar surface area (TPSA) is 3.24 Å². The quantitative estimate of drug-likeness (QED) is 0.159. The fourth-order valence-electron chi connectivity index (χ4n) is 8.28. The lowest BCUT2D eigenvalue weighted by Crippen LogP contribution is -2.12. The molecule has 0 saturated heterocycles. The van der Waals surface area contributed by atoms with Crippen molar-refractivity contribution in [3.05, 3.63) is 212 Å². The van der Waals surface area contributed by atoms with Crippen LogP contribution in [0.2, 0.25) is 0 Å². The minimum absolute atomic E-state index is 1.10. The zero-order chi connectivity index (χ0) is 35.1. The van der Waals surface area contributed by atoms with Crippen molar-refractivity contribution in [2.75, 3.05) is 4.90 Å². The van der Waals surface area contributed by atoms with E-state index < -0.39 is 0 Å². The van der Waals surface area contributed by atoms with Crippen molar-refractivity contribution in [1.29, 1.82) is 0 Å². The summed E-state index contributed by atoms with van der Waals surface area (Å²) in [6.07, 6.45) is 0. The van der Waals surface area contributed by atoms with E-state index in [9.17, 15) is 0 Å². The maximum atomic E-state index is 2.46. The minimum Gasteiger partial charge on any atom is -0.309 e. The van der Waals surface area contributed by atoms with Crippen molar-refractivity contribution in [2.45, 2.75) is 0 Å². The summed E-state index contributed by atoms with van der Waals surface area (Å²) >= 11 is 0. The Kier molecular flexibility index (Phi) is 7.55. The Morgan fingerprint density at radius 2 is 0.698 bits per heavy atom. The molecule has 1 heteroatoms. The molecule has 10 aromatic rings. The van der Waals surface area contributed by atoms with E-state index in [1.54, 1.807) is 0 Å². The molecule has 0 heterocycles. The molecule has 0 atom stereocenters. The van der Waals surface area contributed by atoms with E-state index in [0.717, 1.165) is 17.1 Å². The molecule has 0 spiro atoms. The summed E-state index contributed by atoms with van der Waals surface area (Å²) < 4.78 is 0. The van der Waals surface area contributed by atoms with Gasteiger partial charge >= 0.3 is 0 Å². The molecule has 1 nitrogen and oxygen atoms in total. The van der Waals surface area contributed by atoms with Gasteiger partial charge in [-0.3, -0.25) is 0 Å². The number of fused-ring (bicyclic) bond motifs is 6. The average molecular weight is 674 g/mol. The van der Waals surface area contributed by atoms with Crippen LogP contribution in [0.3, 0.4) is 0 Å². The molecule has 10 rings (SSSR count). The first kappa shape index (κ1) is 30.8. The van der Waals surface area contributed by atoms with Gasteiger partial charge in [-0.2, -0.15) is 0 Å². The van der Waals surface area contributed by atoms with Gasteiger partial charge < -0.3 is 4.90 Å². The highest BCUT2D eigenvalue weighted by atomic mass is 15.1. The molecule has 0 amide bonds. The monoisotopic (exact) mass is 673 g/mol. The van der Waals surface area contributed by atoms with Gasteiger partial charge in [-0.1, -0.05) is 188 Å². The SMILES string of the molecule is c1ccc(-c2ccccc2N(c2ccc(-c3c(-c4ccccc4)c4ccccc4c4ccccc34)cc2)c2cc3ccccc3c3ccccc23)cc1. The summed E-state index contributed by atoms with van der Waals surface area (Å²) in [5.74, 6) is 0. The lowest BCUT2D eigenvalue weighted by atomic mass is 9.85. The van der Waals surface area contributed by atoms with Gasteiger partial charge in [-0.15, -0.1) is 0 Å². The number of nitrogens with zero attached hydrogens (tertiary/aromatic N) is 1. The third-order valence-corrected chi connectivity index (χ3v) is 10.6. The molecule has 0 N–H and O–H groups in total. The van der Waals surface area contributed by atoms with E-state index in [1.807, 2.05) is 0 Å². The Labute approximate surface area is 309 Å². The molecule has 0 radical (unpaired) electrons. The van der Waals surface area contributed by atoms with Crippen LogP contribution in [0.15, 0.2) is 212 Å². The van der Waals surface area contributed by atoms with Crippen molar-refractivity contribution in [1.82, 2.24) is 0 Å². The third-order valence-electron chi connectivity index (χ3n) is 10.6.